The van der Waals surface area contributed by atoms with Crippen molar-refractivity contribution >= 4 is 17.3 Å². The predicted molar refractivity (Wildman–Crippen MR) is 67.9 cm³/mol. The fourth-order valence-electron chi connectivity index (χ4n) is 2.08. The molecule has 1 aromatic carbocycles. The lowest BCUT2D eigenvalue weighted by molar-refractivity contribution is -0.108. The molecule has 0 amide bonds. The highest BCUT2D eigenvalue weighted by atomic mass is 32.2. The van der Waals surface area contributed by atoms with Crippen molar-refractivity contribution in [2.24, 2.45) is 5.92 Å². The Morgan fingerprint density at radius 2 is 2.12 bits per heavy atom. The van der Waals surface area contributed by atoms with Gasteiger partial charge < -0.3 is 4.79 Å². The zero-order valence-electron chi connectivity index (χ0n) is 9.96. The first-order valence-electron chi connectivity index (χ1n) is 5.88. The van der Waals surface area contributed by atoms with E-state index in [-0.39, 0.29) is 0 Å². The fourth-order valence-corrected chi connectivity index (χ4v) is 3.36. The SMILES string of the molecule is Cc1ccc(S(=O)N2CCC(CC=O)C2)cc1. The molecule has 92 valence electrons. The standard InChI is InChI=1S/C13H17NO2S/c1-11-2-4-13(5-3-11)17(16)14-8-6-12(10-14)7-9-15/h2-5,9,12H,6-8,10H2,1H3. The first-order chi connectivity index (χ1) is 8.20. The minimum absolute atomic E-state index is 0.377. The van der Waals surface area contributed by atoms with Gasteiger partial charge in [0.2, 0.25) is 0 Å². The molecule has 1 fully saturated rings. The summed E-state index contributed by atoms with van der Waals surface area (Å²) in [5.74, 6) is 0.377. The van der Waals surface area contributed by atoms with Gasteiger partial charge in [-0.15, -0.1) is 0 Å². The van der Waals surface area contributed by atoms with E-state index in [1.54, 1.807) is 0 Å². The number of carbonyl (C=O) groups is 1. The molecule has 3 nitrogen and oxygen atoms in total. The summed E-state index contributed by atoms with van der Waals surface area (Å²) in [5.41, 5.74) is 1.17. The Hall–Kier alpha value is -1.00. The lowest BCUT2D eigenvalue weighted by Gasteiger charge is -2.14. The Labute approximate surface area is 104 Å². The Morgan fingerprint density at radius 3 is 2.76 bits per heavy atom. The highest BCUT2D eigenvalue weighted by molar-refractivity contribution is 7.82. The summed E-state index contributed by atoms with van der Waals surface area (Å²) < 4.78 is 14.2. The third kappa shape index (κ3) is 3.01. The lowest BCUT2D eigenvalue weighted by Crippen LogP contribution is -2.23. The van der Waals surface area contributed by atoms with Crippen molar-refractivity contribution in [3.8, 4) is 0 Å². The summed E-state index contributed by atoms with van der Waals surface area (Å²) in [5, 5.41) is 0. The van der Waals surface area contributed by atoms with Crippen LogP contribution in [0.1, 0.15) is 18.4 Å². The van der Waals surface area contributed by atoms with Crippen molar-refractivity contribution in [3.63, 3.8) is 0 Å². The number of nitrogens with zero attached hydrogens (tertiary/aromatic N) is 1. The summed E-state index contributed by atoms with van der Waals surface area (Å²) in [6.45, 7) is 3.60. The Balaban J connectivity index is 2.01. The van der Waals surface area contributed by atoms with Gasteiger partial charge in [-0.05, 0) is 31.4 Å². The van der Waals surface area contributed by atoms with Gasteiger partial charge in [-0.25, -0.2) is 8.51 Å². The van der Waals surface area contributed by atoms with Crippen LogP contribution in [0.25, 0.3) is 0 Å². The second-order valence-electron chi connectivity index (χ2n) is 4.51. The van der Waals surface area contributed by atoms with E-state index in [0.29, 0.717) is 12.3 Å². The van der Waals surface area contributed by atoms with Gasteiger partial charge in [0.15, 0.2) is 0 Å². The molecule has 0 N–H and O–H groups in total. The van der Waals surface area contributed by atoms with Crippen molar-refractivity contribution in [2.75, 3.05) is 13.1 Å². The van der Waals surface area contributed by atoms with Crippen LogP contribution < -0.4 is 0 Å². The van der Waals surface area contributed by atoms with Crippen molar-refractivity contribution < 1.29 is 9.00 Å². The molecule has 0 aromatic heterocycles. The van der Waals surface area contributed by atoms with Crippen LogP contribution in [0.2, 0.25) is 0 Å². The maximum Gasteiger partial charge on any atom is 0.127 e. The van der Waals surface area contributed by atoms with E-state index in [1.165, 1.54) is 5.56 Å². The number of aldehydes is 1. The summed E-state index contributed by atoms with van der Waals surface area (Å²) in [6, 6.07) is 7.79. The van der Waals surface area contributed by atoms with E-state index in [2.05, 4.69) is 0 Å². The fraction of sp³-hybridized carbons (Fsp3) is 0.462. The maximum atomic E-state index is 12.3. The van der Waals surface area contributed by atoms with Crippen LogP contribution in [0.4, 0.5) is 0 Å². The summed E-state index contributed by atoms with van der Waals surface area (Å²) in [4.78, 5) is 11.3. The van der Waals surface area contributed by atoms with Crippen LogP contribution in [0.15, 0.2) is 29.2 Å². The zero-order valence-corrected chi connectivity index (χ0v) is 10.8. The molecule has 17 heavy (non-hydrogen) atoms. The van der Waals surface area contributed by atoms with Crippen LogP contribution in [-0.2, 0) is 15.8 Å². The van der Waals surface area contributed by atoms with E-state index in [1.807, 2.05) is 35.5 Å². The molecule has 1 saturated heterocycles. The number of carbonyl (C=O) groups excluding carboxylic acids is 1. The third-order valence-corrected chi connectivity index (χ3v) is 4.61. The third-order valence-electron chi connectivity index (χ3n) is 3.14. The maximum absolute atomic E-state index is 12.3. The van der Waals surface area contributed by atoms with Gasteiger partial charge >= 0.3 is 0 Å². The number of hydrogen-bond donors (Lipinski definition) is 0. The summed E-state index contributed by atoms with van der Waals surface area (Å²) in [7, 11) is -1.07. The molecule has 4 heteroatoms. The monoisotopic (exact) mass is 251 g/mol. The van der Waals surface area contributed by atoms with E-state index in [0.717, 1.165) is 30.7 Å². The lowest BCUT2D eigenvalue weighted by atomic mass is 10.1. The second kappa shape index (κ2) is 5.56. The van der Waals surface area contributed by atoms with Crippen molar-refractivity contribution in [1.82, 2.24) is 4.31 Å². The Kier molecular flexibility index (Phi) is 4.07. The molecule has 1 aliphatic rings. The minimum atomic E-state index is -1.07. The van der Waals surface area contributed by atoms with Crippen molar-refractivity contribution in [3.05, 3.63) is 29.8 Å². The Bertz CT molecular complexity index is 416. The molecule has 0 radical (unpaired) electrons. The average Bonchev–Trinajstić information content (AvgIpc) is 2.78. The highest BCUT2D eigenvalue weighted by Crippen LogP contribution is 2.23. The molecule has 2 rings (SSSR count). The average molecular weight is 251 g/mol. The van der Waals surface area contributed by atoms with E-state index < -0.39 is 11.0 Å². The molecule has 1 aliphatic heterocycles. The van der Waals surface area contributed by atoms with Gasteiger partial charge in [-0.3, -0.25) is 0 Å². The Morgan fingerprint density at radius 1 is 1.41 bits per heavy atom. The van der Waals surface area contributed by atoms with Gasteiger partial charge in [0, 0.05) is 19.5 Å². The van der Waals surface area contributed by atoms with Gasteiger partial charge in [0.1, 0.15) is 17.3 Å². The van der Waals surface area contributed by atoms with E-state index in [9.17, 15) is 9.00 Å². The normalized spacial score (nSPS) is 22.5. The molecule has 1 aromatic rings. The highest BCUT2D eigenvalue weighted by Gasteiger charge is 2.26. The van der Waals surface area contributed by atoms with Gasteiger partial charge in [0.25, 0.3) is 0 Å². The van der Waals surface area contributed by atoms with Crippen molar-refractivity contribution in [2.45, 2.75) is 24.7 Å². The summed E-state index contributed by atoms with van der Waals surface area (Å²) in [6.07, 6.45) is 2.51. The van der Waals surface area contributed by atoms with Crippen LogP contribution in [-0.4, -0.2) is 27.9 Å². The van der Waals surface area contributed by atoms with Crippen LogP contribution in [0.3, 0.4) is 0 Å². The number of benzene rings is 1. The number of aryl methyl sites for hydroxylation is 1. The first kappa shape index (κ1) is 12.5. The molecule has 2 unspecified atom stereocenters. The van der Waals surface area contributed by atoms with E-state index in [4.69, 9.17) is 0 Å². The molecular formula is C13H17NO2S. The largest absolute Gasteiger partial charge is 0.303 e. The van der Waals surface area contributed by atoms with Crippen molar-refractivity contribution in [1.29, 1.82) is 0 Å². The summed E-state index contributed by atoms with van der Waals surface area (Å²) >= 11 is 0. The molecule has 1 heterocycles. The molecule has 0 saturated carbocycles. The molecule has 0 aliphatic carbocycles. The second-order valence-corrected chi connectivity index (χ2v) is 5.99. The molecule has 0 spiro atoms. The van der Waals surface area contributed by atoms with Gasteiger partial charge in [-0.1, -0.05) is 17.7 Å². The van der Waals surface area contributed by atoms with Gasteiger partial charge in [-0.2, -0.15) is 0 Å². The minimum Gasteiger partial charge on any atom is -0.303 e. The number of hydrogen-bond acceptors (Lipinski definition) is 2. The molecular weight excluding hydrogens is 234 g/mol. The van der Waals surface area contributed by atoms with Gasteiger partial charge in [0.05, 0.1) is 4.90 Å². The quantitative estimate of drug-likeness (QED) is 0.767. The topological polar surface area (TPSA) is 37.4 Å². The van der Waals surface area contributed by atoms with E-state index >= 15 is 0 Å². The smallest absolute Gasteiger partial charge is 0.127 e. The van der Waals surface area contributed by atoms with Crippen LogP contribution in [0, 0.1) is 12.8 Å². The molecule has 2 atom stereocenters. The first-order valence-corrected chi connectivity index (χ1v) is 6.98. The predicted octanol–water partition coefficient (Wildman–Crippen LogP) is 1.93. The zero-order chi connectivity index (χ0) is 12.3. The van der Waals surface area contributed by atoms with Crippen LogP contribution >= 0.6 is 0 Å². The molecule has 0 bridgehead atoms. The van der Waals surface area contributed by atoms with Crippen LogP contribution in [0.5, 0.6) is 0 Å². The number of rotatable bonds is 4.